The number of nitrogens with one attached hydrogen (secondary N) is 1. The van der Waals surface area contributed by atoms with Gasteiger partial charge in [-0.2, -0.15) is 0 Å². The Morgan fingerprint density at radius 1 is 1.28 bits per heavy atom. The Morgan fingerprint density at radius 3 is 2.56 bits per heavy atom. The van der Waals surface area contributed by atoms with Gasteiger partial charge in [0.15, 0.2) is 12.3 Å². The lowest BCUT2D eigenvalue weighted by atomic mass is 10.1. The molecule has 0 radical (unpaired) electrons. The number of H-pyrrole nitrogens is 1. The van der Waals surface area contributed by atoms with Gasteiger partial charge in [-0.25, -0.2) is 4.79 Å². The second kappa shape index (κ2) is 8.32. The number of rotatable bonds is 6. The lowest BCUT2D eigenvalue weighted by Gasteiger charge is -2.18. The Bertz CT molecular complexity index is 788. The van der Waals surface area contributed by atoms with Crippen LogP contribution in [-0.2, 0) is 23.8 Å². The Hall–Kier alpha value is -2.10. The summed E-state index contributed by atoms with van der Waals surface area (Å²) in [6, 6.07) is 1.12. The van der Waals surface area contributed by atoms with Gasteiger partial charge in [-0.05, 0) is 0 Å². The summed E-state index contributed by atoms with van der Waals surface area (Å²) in [4.78, 5) is 47.9. The highest BCUT2D eigenvalue weighted by Gasteiger charge is 2.43. The van der Waals surface area contributed by atoms with E-state index in [4.69, 9.17) is 37.4 Å². The molecule has 1 N–H and O–H groups in total. The van der Waals surface area contributed by atoms with Gasteiger partial charge in [0.25, 0.3) is 5.56 Å². The van der Waals surface area contributed by atoms with Crippen molar-refractivity contribution in [1.29, 1.82) is 0 Å². The van der Waals surface area contributed by atoms with Gasteiger partial charge < -0.3 is 14.2 Å². The third kappa shape index (κ3) is 4.50. The summed E-state index contributed by atoms with van der Waals surface area (Å²) < 4.78 is 16.8. The first-order chi connectivity index (χ1) is 11.9. The van der Waals surface area contributed by atoms with Gasteiger partial charge in [-0.3, -0.25) is 23.9 Å². The van der Waals surface area contributed by atoms with Gasteiger partial charge in [0.2, 0.25) is 0 Å². The minimum Gasteiger partial charge on any atom is -0.462 e. The number of carbonyl (C=O) groups excluding carboxylic acids is 2. The number of aromatic nitrogens is 2. The Kier molecular flexibility index (Phi) is 6.40. The van der Waals surface area contributed by atoms with Gasteiger partial charge in [0, 0.05) is 17.8 Å². The molecular weight excluding hydrogens is 379 g/mol. The van der Waals surface area contributed by atoms with Crippen molar-refractivity contribution < 1.29 is 23.8 Å². The molecule has 0 spiro atoms. The number of esters is 2. The number of hydrogen-bond acceptors (Lipinski definition) is 7. The van der Waals surface area contributed by atoms with E-state index in [1.807, 2.05) is 0 Å². The summed E-state index contributed by atoms with van der Waals surface area (Å²) >= 11 is 10.8. The molecule has 136 valence electrons. The quantitative estimate of drug-likeness (QED) is 0.408. The van der Waals surface area contributed by atoms with Crippen LogP contribution in [0.5, 0.6) is 0 Å². The zero-order valence-electron chi connectivity index (χ0n) is 12.8. The van der Waals surface area contributed by atoms with E-state index < -0.39 is 47.5 Å². The van der Waals surface area contributed by atoms with Crippen LogP contribution in [0.2, 0.25) is 0 Å². The van der Waals surface area contributed by atoms with Gasteiger partial charge >= 0.3 is 17.6 Å². The van der Waals surface area contributed by atoms with Gasteiger partial charge in [-0.1, -0.05) is 6.58 Å². The molecular formula is C14H14Cl2N2O7. The van der Waals surface area contributed by atoms with E-state index in [0.717, 1.165) is 10.6 Å². The lowest BCUT2D eigenvalue weighted by molar-refractivity contribution is -0.154. The van der Waals surface area contributed by atoms with Crippen LogP contribution in [-0.4, -0.2) is 52.1 Å². The Balaban J connectivity index is 2.26. The molecule has 1 aromatic rings. The van der Waals surface area contributed by atoms with E-state index in [9.17, 15) is 19.2 Å². The summed E-state index contributed by atoms with van der Waals surface area (Å²) in [5.74, 6) is -2.19. The number of alkyl halides is 2. The fourth-order valence-corrected chi connectivity index (χ4v) is 2.36. The SMILES string of the molecule is C=C1C(n2ccc(=O)[nH]c2=O)O[C@H](COC(=O)CCl)[C@H]1OC(=O)CCl. The molecule has 2 rings (SSSR count). The maximum absolute atomic E-state index is 11.9. The summed E-state index contributed by atoms with van der Waals surface area (Å²) in [7, 11) is 0. The molecule has 9 nitrogen and oxygen atoms in total. The third-order valence-corrected chi connectivity index (χ3v) is 3.75. The summed E-state index contributed by atoms with van der Waals surface area (Å²) in [5.41, 5.74) is -1.10. The maximum Gasteiger partial charge on any atom is 0.330 e. The first-order valence-electron chi connectivity index (χ1n) is 7.00. The van der Waals surface area contributed by atoms with E-state index in [2.05, 4.69) is 11.6 Å². The van der Waals surface area contributed by atoms with Crippen LogP contribution in [0.4, 0.5) is 0 Å². The number of hydrogen-bond donors (Lipinski definition) is 1. The van der Waals surface area contributed by atoms with Crippen LogP contribution in [0.3, 0.4) is 0 Å². The molecule has 0 aromatic carbocycles. The fraction of sp³-hybridized carbons (Fsp3) is 0.429. The molecule has 11 heteroatoms. The molecule has 0 saturated carbocycles. The number of aromatic amines is 1. The van der Waals surface area contributed by atoms with Crippen LogP contribution in [0.1, 0.15) is 6.23 Å². The molecule has 1 fully saturated rings. The number of nitrogens with zero attached hydrogens (tertiary/aromatic N) is 1. The minimum absolute atomic E-state index is 0.222. The molecule has 2 heterocycles. The summed E-state index contributed by atoms with van der Waals surface area (Å²) in [6.07, 6.45) is -1.74. The van der Waals surface area contributed by atoms with Crippen molar-refractivity contribution in [3.05, 3.63) is 45.3 Å². The topological polar surface area (TPSA) is 117 Å². The van der Waals surface area contributed by atoms with E-state index >= 15 is 0 Å². The monoisotopic (exact) mass is 392 g/mol. The molecule has 1 unspecified atom stereocenters. The molecule has 1 aliphatic rings. The van der Waals surface area contributed by atoms with Crippen molar-refractivity contribution in [1.82, 2.24) is 9.55 Å². The highest BCUT2D eigenvalue weighted by molar-refractivity contribution is 6.26. The van der Waals surface area contributed by atoms with E-state index in [-0.39, 0.29) is 18.1 Å². The van der Waals surface area contributed by atoms with Gasteiger partial charge in [-0.15, -0.1) is 23.2 Å². The van der Waals surface area contributed by atoms with Crippen molar-refractivity contribution in [2.45, 2.75) is 18.4 Å². The predicted octanol–water partition coefficient (Wildman–Crippen LogP) is -0.0772. The normalized spacial score (nSPS) is 22.6. The first kappa shape index (κ1) is 19.2. The molecule has 0 aliphatic carbocycles. The van der Waals surface area contributed by atoms with Crippen molar-refractivity contribution in [2.75, 3.05) is 18.4 Å². The third-order valence-electron chi connectivity index (χ3n) is 3.31. The molecule has 1 aliphatic heterocycles. The zero-order chi connectivity index (χ0) is 18.6. The highest BCUT2D eigenvalue weighted by atomic mass is 35.5. The summed E-state index contributed by atoms with van der Waals surface area (Å²) in [6.45, 7) is 3.50. The molecule has 0 bridgehead atoms. The van der Waals surface area contributed by atoms with E-state index in [0.29, 0.717) is 0 Å². The second-order valence-corrected chi connectivity index (χ2v) is 5.51. The second-order valence-electron chi connectivity index (χ2n) is 4.98. The highest BCUT2D eigenvalue weighted by Crippen LogP contribution is 2.34. The fourth-order valence-electron chi connectivity index (χ4n) is 2.22. The van der Waals surface area contributed by atoms with Crippen molar-refractivity contribution in [2.24, 2.45) is 0 Å². The average Bonchev–Trinajstić information content (AvgIpc) is 2.88. The van der Waals surface area contributed by atoms with Crippen LogP contribution in [0, 0.1) is 0 Å². The standard InChI is InChI=1S/C14H14Cl2N2O7/c1-7-12(25-11(21)5-16)8(6-23-10(20)4-15)24-13(7)18-3-2-9(19)17-14(18)22/h2-3,8,12-13H,1,4-6H2,(H,17,19,22)/t8-,12+,13?/m1/s1. The van der Waals surface area contributed by atoms with Gasteiger partial charge in [0.05, 0.1) is 0 Å². The number of halogens is 2. The molecule has 1 saturated heterocycles. The maximum atomic E-state index is 11.9. The van der Waals surface area contributed by atoms with E-state index in [1.165, 1.54) is 6.20 Å². The largest absolute Gasteiger partial charge is 0.462 e. The van der Waals surface area contributed by atoms with Crippen LogP contribution in [0.25, 0.3) is 0 Å². The molecule has 3 atom stereocenters. The Labute approximate surface area is 151 Å². The lowest BCUT2D eigenvalue weighted by Crippen LogP contribution is -2.33. The van der Waals surface area contributed by atoms with Crippen LogP contribution >= 0.6 is 23.2 Å². The molecule has 1 aromatic heterocycles. The van der Waals surface area contributed by atoms with Crippen molar-refractivity contribution in [3.63, 3.8) is 0 Å². The summed E-state index contributed by atoms with van der Waals surface area (Å²) in [5, 5.41) is 0. The van der Waals surface area contributed by atoms with Crippen LogP contribution in [0.15, 0.2) is 34.0 Å². The predicted molar refractivity (Wildman–Crippen MR) is 86.7 cm³/mol. The van der Waals surface area contributed by atoms with Crippen LogP contribution < -0.4 is 11.2 Å². The molecule has 0 amide bonds. The molecule has 25 heavy (non-hydrogen) atoms. The van der Waals surface area contributed by atoms with Gasteiger partial charge in [0.1, 0.15) is 24.5 Å². The Morgan fingerprint density at radius 2 is 1.96 bits per heavy atom. The van der Waals surface area contributed by atoms with Crippen molar-refractivity contribution >= 4 is 35.1 Å². The van der Waals surface area contributed by atoms with Crippen molar-refractivity contribution in [3.8, 4) is 0 Å². The average molecular weight is 393 g/mol. The van der Waals surface area contributed by atoms with E-state index in [1.54, 1.807) is 0 Å². The zero-order valence-corrected chi connectivity index (χ0v) is 14.3. The smallest absolute Gasteiger partial charge is 0.330 e. The number of carbonyl (C=O) groups is 2. The first-order valence-corrected chi connectivity index (χ1v) is 8.07. The number of ether oxygens (including phenoxy) is 3. The minimum atomic E-state index is -1.03.